The summed E-state index contributed by atoms with van der Waals surface area (Å²) in [4.78, 5) is 27.1. The van der Waals surface area contributed by atoms with Crippen molar-refractivity contribution in [2.45, 2.75) is 62.3 Å². The molecule has 3 aliphatic rings. The zero-order valence-corrected chi connectivity index (χ0v) is 18.2. The fourth-order valence-electron chi connectivity index (χ4n) is 4.28. The van der Waals surface area contributed by atoms with E-state index in [1.165, 1.54) is 4.31 Å². The van der Waals surface area contributed by atoms with Crippen molar-refractivity contribution in [1.82, 2.24) is 14.5 Å². The van der Waals surface area contributed by atoms with Crippen LogP contribution in [-0.4, -0.2) is 61.7 Å². The molecular formula is C22H31N3O4S. The maximum absolute atomic E-state index is 12.7. The fraction of sp³-hybridized carbons (Fsp3) is 0.636. The Balaban J connectivity index is 1.28. The zero-order chi connectivity index (χ0) is 21.1. The van der Waals surface area contributed by atoms with Gasteiger partial charge in [-0.05, 0) is 62.6 Å². The molecule has 2 heterocycles. The second kappa shape index (κ2) is 9.06. The van der Waals surface area contributed by atoms with Crippen LogP contribution in [0, 0.1) is 5.92 Å². The van der Waals surface area contributed by atoms with E-state index in [0.29, 0.717) is 50.0 Å². The number of rotatable bonds is 7. The van der Waals surface area contributed by atoms with Crippen LogP contribution in [0.15, 0.2) is 29.2 Å². The Bertz CT molecular complexity index is 874. The van der Waals surface area contributed by atoms with E-state index in [-0.39, 0.29) is 17.7 Å². The number of hydrogen-bond donors (Lipinski definition) is 1. The molecule has 1 unspecified atom stereocenters. The summed E-state index contributed by atoms with van der Waals surface area (Å²) >= 11 is 0. The Labute approximate surface area is 178 Å². The molecule has 3 fully saturated rings. The first-order valence-corrected chi connectivity index (χ1v) is 12.5. The van der Waals surface area contributed by atoms with Crippen molar-refractivity contribution in [2.24, 2.45) is 5.92 Å². The summed E-state index contributed by atoms with van der Waals surface area (Å²) in [6, 6.07) is 7.25. The van der Waals surface area contributed by atoms with Crippen molar-refractivity contribution in [3.8, 4) is 0 Å². The van der Waals surface area contributed by atoms with Crippen LogP contribution in [0.5, 0.6) is 0 Å². The molecule has 0 spiro atoms. The fourth-order valence-corrected chi connectivity index (χ4v) is 5.80. The van der Waals surface area contributed by atoms with Gasteiger partial charge in [0.05, 0.1) is 10.8 Å². The van der Waals surface area contributed by atoms with Crippen LogP contribution in [0.3, 0.4) is 0 Å². The molecule has 8 heteroatoms. The topological polar surface area (TPSA) is 86.8 Å². The Kier molecular flexibility index (Phi) is 6.43. The molecule has 30 heavy (non-hydrogen) atoms. The Morgan fingerprint density at radius 1 is 0.967 bits per heavy atom. The number of carbonyl (C=O) groups is 2. The van der Waals surface area contributed by atoms with Gasteiger partial charge < -0.3 is 10.2 Å². The lowest BCUT2D eigenvalue weighted by Gasteiger charge is -2.32. The van der Waals surface area contributed by atoms with Crippen LogP contribution in [0.2, 0.25) is 0 Å². The molecule has 1 aromatic carbocycles. The molecule has 0 bridgehead atoms. The van der Waals surface area contributed by atoms with Gasteiger partial charge in [-0.2, -0.15) is 4.31 Å². The summed E-state index contributed by atoms with van der Waals surface area (Å²) < 4.78 is 26.8. The molecular weight excluding hydrogens is 402 g/mol. The van der Waals surface area contributed by atoms with Gasteiger partial charge in [0.15, 0.2) is 0 Å². The van der Waals surface area contributed by atoms with Crippen LogP contribution >= 0.6 is 0 Å². The van der Waals surface area contributed by atoms with Crippen molar-refractivity contribution in [1.29, 1.82) is 0 Å². The third-order valence-corrected chi connectivity index (χ3v) is 8.24. The molecule has 164 valence electrons. The molecule has 0 aromatic heterocycles. The number of hydrogen-bond acceptors (Lipinski definition) is 4. The monoisotopic (exact) mass is 433 g/mol. The highest BCUT2D eigenvalue weighted by Crippen LogP contribution is 2.24. The predicted molar refractivity (Wildman–Crippen MR) is 113 cm³/mol. The van der Waals surface area contributed by atoms with Crippen molar-refractivity contribution in [3.63, 3.8) is 0 Å². The van der Waals surface area contributed by atoms with Crippen LogP contribution in [0.1, 0.15) is 50.5 Å². The summed E-state index contributed by atoms with van der Waals surface area (Å²) in [5, 5.41) is 3.05. The molecule has 1 saturated carbocycles. The molecule has 2 aliphatic heterocycles. The second-order valence-corrected chi connectivity index (χ2v) is 10.7. The number of nitrogens with one attached hydrogen (secondary N) is 1. The lowest BCUT2D eigenvalue weighted by atomic mass is 9.96. The molecule has 1 aromatic rings. The van der Waals surface area contributed by atoms with E-state index in [1.54, 1.807) is 24.3 Å². The quantitative estimate of drug-likeness (QED) is 0.712. The Morgan fingerprint density at radius 3 is 2.33 bits per heavy atom. The highest BCUT2D eigenvalue weighted by Gasteiger charge is 2.32. The van der Waals surface area contributed by atoms with Gasteiger partial charge in [-0.1, -0.05) is 12.1 Å². The average Bonchev–Trinajstić information content (AvgIpc) is 3.39. The van der Waals surface area contributed by atoms with E-state index in [1.807, 2.05) is 4.90 Å². The maximum atomic E-state index is 12.7. The average molecular weight is 434 g/mol. The number of piperidine rings is 1. The number of sulfonamides is 1. The first-order chi connectivity index (χ1) is 14.4. The smallest absolute Gasteiger partial charge is 0.243 e. The van der Waals surface area contributed by atoms with E-state index >= 15 is 0 Å². The standard InChI is InChI=1S/C22H31N3O4S/c26-21(24-13-3-4-18(16-24)22(27)23-19-8-9-19)12-7-17-5-10-20(11-6-17)30(28,29)25-14-1-2-15-25/h5-6,10-11,18-19H,1-4,7-9,12-16H2,(H,23,27). The molecule has 1 N–H and O–H groups in total. The van der Waals surface area contributed by atoms with Gasteiger partial charge in [0, 0.05) is 38.6 Å². The molecule has 2 saturated heterocycles. The van der Waals surface area contributed by atoms with Crippen molar-refractivity contribution >= 4 is 21.8 Å². The first-order valence-electron chi connectivity index (χ1n) is 11.1. The summed E-state index contributed by atoms with van der Waals surface area (Å²) in [6.07, 6.45) is 6.61. The van der Waals surface area contributed by atoms with Gasteiger partial charge in [-0.25, -0.2) is 8.42 Å². The summed E-state index contributed by atoms with van der Waals surface area (Å²) in [7, 11) is -3.40. The van der Waals surface area contributed by atoms with E-state index in [9.17, 15) is 18.0 Å². The lowest BCUT2D eigenvalue weighted by Crippen LogP contribution is -2.45. The molecule has 1 aliphatic carbocycles. The molecule has 2 amide bonds. The Morgan fingerprint density at radius 2 is 1.67 bits per heavy atom. The van der Waals surface area contributed by atoms with Gasteiger partial charge in [0.25, 0.3) is 0 Å². The van der Waals surface area contributed by atoms with Gasteiger partial charge in [-0.3, -0.25) is 9.59 Å². The van der Waals surface area contributed by atoms with Gasteiger partial charge >= 0.3 is 0 Å². The number of aryl methyl sites for hydroxylation is 1. The number of nitrogens with zero attached hydrogens (tertiary/aromatic N) is 2. The van der Waals surface area contributed by atoms with E-state index in [4.69, 9.17) is 0 Å². The van der Waals surface area contributed by atoms with Crippen molar-refractivity contribution in [3.05, 3.63) is 29.8 Å². The molecule has 0 radical (unpaired) electrons. The van der Waals surface area contributed by atoms with Crippen molar-refractivity contribution in [2.75, 3.05) is 26.2 Å². The Hall–Kier alpha value is -1.93. The van der Waals surface area contributed by atoms with Crippen molar-refractivity contribution < 1.29 is 18.0 Å². The minimum absolute atomic E-state index is 0.0627. The highest BCUT2D eigenvalue weighted by molar-refractivity contribution is 7.89. The highest BCUT2D eigenvalue weighted by atomic mass is 32.2. The molecule has 1 atom stereocenters. The number of amides is 2. The van der Waals surface area contributed by atoms with E-state index in [2.05, 4.69) is 5.32 Å². The van der Waals surface area contributed by atoms with Gasteiger partial charge in [-0.15, -0.1) is 0 Å². The summed E-state index contributed by atoms with van der Waals surface area (Å²) in [6.45, 7) is 2.39. The molecule has 7 nitrogen and oxygen atoms in total. The molecule has 4 rings (SSSR count). The summed E-state index contributed by atoms with van der Waals surface area (Å²) in [5.41, 5.74) is 0.948. The van der Waals surface area contributed by atoms with Crippen LogP contribution in [-0.2, 0) is 26.0 Å². The number of likely N-dealkylation sites (tertiary alicyclic amines) is 1. The van der Waals surface area contributed by atoms with Gasteiger partial charge in [0.1, 0.15) is 0 Å². The second-order valence-electron chi connectivity index (χ2n) is 8.72. The predicted octanol–water partition coefficient (Wildman–Crippen LogP) is 1.92. The third-order valence-electron chi connectivity index (χ3n) is 6.32. The normalized spacial score (nSPS) is 22.8. The van der Waals surface area contributed by atoms with Crippen LogP contribution in [0.4, 0.5) is 0 Å². The third kappa shape index (κ3) is 5.03. The SMILES string of the molecule is O=C(NC1CC1)C1CCCN(C(=O)CCc2ccc(S(=O)(=O)N3CCCC3)cc2)C1. The largest absolute Gasteiger partial charge is 0.353 e. The minimum Gasteiger partial charge on any atom is -0.353 e. The number of carbonyl (C=O) groups excluding carboxylic acids is 2. The number of benzene rings is 1. The minimum atomic E-state index is -3.40. The van der Waals surface area contributed by atoms with Crippen LogP contribution in [0.25, 0.3) is 0 Å². The van der Waals surface area contributed by atoms with E-state index in [0.717, 1.165) is 44.1 Å². The first kappa shape index (κ1) is 21.3. The maximum Gasteiger partial charge on any atom is 0.243 e. The zero-order valence-electron chi connectivity index (χ0n) is 17.4. The lowest BCUT2D eigenvalue weighted by molar-refractivity contribution is -0.135. The summed E-state index contributed by atoms with van der Waals surface area (Å²) in [5.74, 6) is 0.0517. The van der Waals surface area contributed by atoms with E-state index < -0.39 is 10.0 Å². The van der Waals surface area contributed by atoms with Crippen LogP contribution < -0.4 is 5.32 Å². The van der Waals surface area contributed by atoms with Gasteiger partial charge in [0.2, 0.25) is 21.8 Å².